The van der Waals surface area contributed by atoms with Gasteiger partial charge in [0.15, 0.2) is 0 Å². The second-order valence-electron chi connectivity index (χ2n) is 4.39. The van der Waals surface area contributed by atoms with E-state index in [0.29, 0.717) is 22.7 Å². The molecule has 2 aromatic rings. The van der Waals surface area contributed by atoms with Gasteiger partial charge in [-0.05, 0) is 26.0 Å². The predicted octanol–water partition coefficient (Wildman–Crippen LogP) is 2.27. The molecule has 1 aromatic carbocycles. The summed E-state index contributed by atoms with van der Waals surface area (Å²) in [4.78, 5) is 24.9. The standard InChI is InChI=1S/C14H14N2O4/c1-8-12(9(2)20-15-8)13(17)16(3)11-7-5-4-6-10(11)14(18)19/h4-7H,1-3H3,(H,18,19). The van der Waals surface area contributed by atoms with Crippen LogP contribution in [0.25, 0.3) is 0 Å². The summed E-state index contributed by atoms with van der Waals surface area (Å²) in [5.74, 6) is -1.03. The summed E-state index contributed by atoms with van der Waals surface area (Å²) in [7, 11) is 1.52. The van der Waals surface area contributed by atoms with E-state index >= 15 is 0 Å². The van der Waals surface area contributed by atoms with Crippen LogP contribution in [0.4, 0.5) is 5.69 Å². The van der Waals surface area contributed by atoms with Gasteiger partial charge in [0.2, 0.25) is 0 Å². The number of aromatic carboxylic acids is 1. The van der Waals surface area contributed by atoms with E-state index in [1.807, 2.05) is 0 Å². The maximum absolute atomic E-state index is 12.5. The average Bonchev–Trinajstić information content (AvgIpc) is 2.76. The highest BCUT2D eigenvalue weighted by Crippen LogP contribution is 2.23. The fraction of sp³-hybridized carbons (Fsp3) is 0.214. The van der Waals surface area contributed by atoms with Crippen LogP contribution in [-0.4, -0.2) is 29.2 Å². The summed E-state index contributed by atoms with van der Waals surface area (Å²) >= 11 is 0. The molecule has 104 valence electrons. The van der Waals surface area contributed by atoms with Gasteiger partial charge in [-0.15, -0.1) is 0 Å². The third kappa shape index (κ3) is 2.27. The molecule has 6 heteroatoms. The van der Waals surface area contributed by atoms with Gasteiger partial charge in [-0.3, -0.25) is 4.79 Å². The Hall–Kier alpha value is -2.63. The number of hydrogen-bond donors (Lipinski definition) is 1. The molecule has 0 saturated heterocycles. The van der Waals surface area contributed by atoms with Crippen LogP contribution in [0.1, 0.15) is 32.2 Å². The van der Waals surface area contributed by atoms with Gasteiger partial charge in [0.25, 0.3) is 5.91 Å². The number of aromatic nitrogens is 1. The number of anilines is 1. The first-order chi connectivity index (χ1) is 9.43. The van der Waals surface area contributed by atoms with Gasteiger partial charge in [-0.1, -0.05) is 17.3 Å². The quantitative estimate of drug-likeness (QED) is 0.928. The molecule has 0 bridgehead atoms. The summed E-state index contributed by atoms with van der Waals surface area (Å²) in [6.45, 7) is 3.31. The van der Waals surface area contributed by atoms with E-state index in [4.69, 9.17) is 9.63 Å². The number of hydrogen-bond acceptors (Lipinski definition) is 4. The molecule has 1 amide bonds. The van der Waals surface area contributed by atoms with Crippen LogP contribution < -0.4 is 4.90 Å². The number of rotatable bonds is 3. The first-order valence-corrected chi connectivity index (χ1v) is 5.96. The molecule has 0 radical (unpaired) electrons. The Morgan fingerprint density at radius 3 is 2.45 bits per heavy atom. The van der Waals surface area contributed by atoms with Crippen molar-refractivity contribution in [3.8, 4) is 0 Å². The van der Waals surface area contributed by atoms with Crippen LogP contribution in [0, 0.1) is 13.8 Å². The van der Waals surface area contributed by atoms with Gasteiger partial charge in [-0.25, -0.2) is 4.79 Å². The van der Waals surface area contributed by atoms with E-state index in [0.717, 1.165) is 0 Å². The van der Waals surface area contributed by atoms with Crippen molar-refractivity contribution in [2.45, 2.75) is 13.8 Å². The minimum atomic E-state index is -1.08. The van der Waals surface area contributed by atoms with Crippen molar-refractivity contribution in [1.82, 2.24) is 5.16 Å². The number of carbonyl (C=O) groups excluding carboxylic acids is 1. The maximum atomic E-state index is 12.5. The fourth-order valence-electron chi connectivity index (χ4n) is 2.01. The number of carboxylic acids is 1. The molecular formula is C14H14N2O4. The SMILES string of the molecule is Cc1noc(C)c1C(=O)N(C)c1ccccc1C(=O)O. The van der Waals surface area contributed by atoms with Crippen molar-refractivity contribution in [2.75, 3.05) is 11.9 Å². The summed E-state index contributed by atoms with van der Waals surface area (Å²) in [5.41, 5.74) is 1.22. The Morgan fingerprint density at radius 2 is 1.90 bits per heavy atom. The monoisotopic (exact) mass is 274 g/mol. The normalized spacial score (nSPS) is 10.3. The zero-order valence-electron chi connectivity index (χ0n) is 11.4. The van der Waals surface area contributed by atoms with Crippen LogP contribution in [0.2, 0.25) is 0 Å². The van der Waals surface area contributed by atoms with Crippen molar-refractivity contribution in [3.05, 3.63) is 46.8 Å². The van der Waals surface area contributed by atoms with Crippen molar-refractivity contribution in [3.63, 3.8) is 0 Å². The molecule has 1 heterocycles. The topological polar surface area (TPSA) is 83.6 Å². The molecule has 0 aliphatic carbocycles. The third-order valence-electron chi connectivity index (χ3n) is 3.05. The highest BCUT2D eigenvalue weighted by molar-refractivity contribution is 6.09. The zero-order valence-corrected chi connectivity index (χ0v) is 11.4. The van der Waals surface area contributed by atoms with Gasteiger partial charge < -0.3 is 14.5 Å². The van der Waals surface area contributed by atoms with Crippen molar-refractivity contribution >= 4 is 17.6 Å². The highest BCUT2D eigenvalue weighted by atomic mass is 16.5. The Balaban J connectivity index is 2.45. The average molecular weight is 274 g/mol. The van der Waals surface area contributed by atoms with Crippen molar-refractivity contribution in [2.24, 2.45) is 0 Å². The molecular weight excluding hydrogens is 260 g/mol. The van der Waals surface area contributed by atoms with E-state index in [1.54, 1.807) is 32.0 Å². The first kappa shape index (κ1) is 13.8. The second-order valence-corrected chi connectivity index (χ2v) is 4.39. The van der Waals surface area contributed by atoms with E-state index < -0.39 is 5.97 Å². The molecule has 0 aliphatic heterocycles. The Morgan fingerprint density at radius 1 is 1.25 bits per heavy atom. The summed E-state index contributed by atoms with van der Waals surface area (Å²) in [5, 5.41) is 12.9. The number of benzene rings is 1. The molecule has 0 saturated carbocycles. The molecule has 0 atom stereocenters. The smallest absolute Gasteiger partial charge is 0.337 e. The van der Waals surface area contributed by atoms with Gasteiger partial charge in [0.1, 0.15) is 11.3 Å². The second kappa shape index (κ2) is 5.16. The molecule has 0 spiro atoms. The van der Waals surface area contributed by atoms with E-state index in [-0.39, 0.29) is 11.5 Å². The summed E-state index contributed by atoms with van der Waals surface area (Å²) in [6.07, 6.45) is 0. The predicted molar refractivity (Wildman–Crippen MR) is 72.1 cm³/mol. The van der Waals surface area contributed by atoms with Crippen molar-refractivity contribution in [1.29, 1.82) is 0 Å². The number of nitrogens with zero attached hydrogens (tertiary/aromatic N) is 2. The van der Waals surface area contributed by atoms with Crippen LogP contribution in [-0.2, 0) is 0 Å². The number of amides is 1. The van der Waals surface area contributed by atoms with Gasteiger partial charge in [0, 0.05) is 7.05 Å². The molecule has 1 aromatic heterocycles. The van der Waals surface area contributed by atoms with E-state index in [9.17, 15) is 9.59 Å². The van der Waals surface area contributed by atoms with Crippen LogP contribution in [0.15, 0.2) is 28.8 Å². The fourth-order valence-corrected chi connectivity index (χ4v) is 2.01. The molecule has 0 unspecified atom stereocenters. The molecule has 0 aliphatic rings. The highest BCUT2D eigenvalue weighted by Gasteiger charge is 2.24. The zero-order chi connectivity index (χ0) is 14.9. The number of aryl methyl sites for hydroxylation is 2. The lowest BCUT2D eigenvalue weighted by molar-refractivity contribution is 0.0697. The molecule has 2 rings (SSSR count). The molecule has 0 fully saturated rings. The molecule has 20 heavy (non-hydrogen) atoms. The van der Waals surface area contributed by atoms with Crippen LogP contribution in [0.5, 0.6) is 0 Å². The van der Waals surface area contributed by atoms with Gasteiger partial charge in [-0.2, -0.15) is 0 Å². The first-order valence-electron chi connectivity index (χ1n) is 5.96. The minimum Gasteiger partial charge on any atom is -0.478 e. The lowest BCUT2D eigenvalue weighted by Gasteiger charge is -2.19. The minimum absolute atomic E-state index is 0.0649. The largest absolute Gasteiger partial charge is 0.478 e. The number of carbonyl (C=O) groups is 2. The Labute approximate surface area is 115 Å². The van der Waals surface area contributed by atoms with E-state index in [2.05, 4.69) is 5.16 Å². The Bertz CT molecular complexity index is 656. The molecule has 6 nitrogen and oxygen atoms in total. The van der Waals surface area contributed by atoms with Crippen LogP contribution >= 0.6 is 0 Å². The maximum Gasteiger partial charge on any atom is 0.337 e. The number of para-hydroxylation sites is 1. The summed E-state index contributed by atoms with van der Waals surface area (Å²) < 4.78 is 4.97. The lowest BCUT2D eigenvalue weighted by atomic mass is 10.1. The van der Waals surface area contributed by atoms with Crippen molar-refractivity contribution < 1.29 is 19.2 Å². The number of carboxylic acid groups (broad SMARTS) is 1. The van der Waals surface area contributed by atoms with E-state index in [1.165, 1.54) is 18.0 Å². The third-order valence-corrected chi connectivity index (χ3v) is 3.05. The summed E-state index contributed by atoms with van der Waals surface area (Å²) in [6, 6.07) is 6.33. The Kier molecular flexibility index (Phi) is 3.56. The van der Waals surface area contributed by atoms with Gasteiger partial charge >= 0.3 is 5.97 Å². The van der Waals surface area contributed by atoms with Gasteiger partial charge in [0.05, 0.1) is 16.9 Å². The molecule has 1 N–H and O–H groups in total. The lowest BCUT2D eigenvalue weighted by Crippen LogP contribution is -2.28. The van der Waals surface area contributed by atoms with Crippen LogP contribution in [0.3, 0.4) is 0 Å².